The number of hydrogen-bond donors (Lipinski definition) is 1. The lowest BCUT2D eigenvalue weighted by Gasteiger charge is -2.03. The van der Waals surface area contributed by atoms with Crippen LogP contribution in [0.15, 0.2) is 0 Å². The highest BCUT2D eigenvalue weighted by Crippen LogP contribution is 2.02. The van der Waals surface area contributed by atoms with E-state index in [1.54, 1.807) is 0 Å². The van der Waals surface area contributed by atoms with Gasteiger partial charge < -0.3 is 5.32 Å². The molecule has 1 nitrogen and oxygen atoms in total. The Hall–Kier alpha value is 0.310. The monoisotopic (exact) mass is 203 g/mol. The van der Waals surface area contributed by atoms with E-state index >= 15 is 0 Å². The first-order valence-corrected chi connectivity index (χ1v) is 6.85. The zero-order valence-electron chi connectivity index (χ0n) is 9.27. The Labute approximate surface area is 88.1 Å². The van der Waals surface area contributed by atoms with Gasteiger partial charge in [-0.25, -0.2) is 0 Å². The van der Waals surface area contributed by atoms with Crippen LogP contribution in [0.5, 0.6) is 0 Å². The summed E-state index contributed by atoms with van der Waals surface area (Å²) in [5, 5.41) is 3.48. The lowest BCUT2D eigenvalue weighted by atomic mass is 10.2. The highest BCUT2D eigenvalue weighted by molar-refractivity contribution is 7.99. The highest BCUT2D eigenvalue weighted by Gasteiger charge is 1.89. The minimum absolute atomic E-state index is 1.19. The molecule has 0 unspecified atom stereocenters. The van der Waals surface area contributed by atoms with E-state index in [4.69, 9.17) is 0 Å². The molecule has 2 heteroatoms. The Morgan fingerprint density at radius 1 is 0.846 bits per heavy atom. The maximum atomic E-state index is 3.48. The Bertz CT molecular complexity index is 76.2. The number of thioether (sulfide) groups is 1. The first kappa shape index (κ1) is 13.3. The fraction of sp³-hybridized carbons (Fsp3) is 1.00. The Morgan fingerprint density at radius 3 is 2.31 bits per heavy atom. The smallest absolute Gasteiger partial charge is 0.00581 e. The van der Waals surface area contributed by atoms with Crippen molar-refractivity contribution in [3.05, 3.63) is 0 Å². The van der Waals surface area contributed by atoms with Gasteiger partial charge in [0.05, 0.1) is 0 Å². The van der Waals surface area contributed by atoms with Crippen molar-refractivity contribution in [1.82, 2.24) is 5.32 Å². The van der Waals surface area contributed by atoms with Crippen LogP contribution < -0.4 is 5.32 Å². The quantitative estimate of drug-likeness (QED) is 0.547. The lowest BCUT2D eigenvalue weighted by Crippen LogP contribution is -2.18. The van der Waals surface area contributed by atoms with Gasteiger partial charge in [0.15, 0.2) is 0 Å². The Morgan fingerprint density at radius 2 is 1.62 bits per heavy atom. The van der Waals surface area contributed by atoms with Crippen LogP contribution in [0, 0.1) is 0 Å². The molecule has 0 saturated heterocycles. The molecule has 80 valence electrons. The van der Waals surface area contributed by atoms with Gasteiger partial charge in [-0.3, -0.25) is 0 Å². The summed E-state index contributed by atoms with van der Waals surface area (Å²) >= 11 is 2.08. The second-order valence-corrected chi connectivity index (χ2v) is 4.65. The van der Waals surface area contributed by atoms with E-state index in [1.165, 1.54) is 56.7 Å². The summed E-state index contributed by atoms with van der Waals surface area (Å²) in [4.78, 5) is 0. The SMILES string of the molecule is CCCCCNCCSCCCC. The summed E-state index contributed by atoms with van der Waals surface area (Å²) < 4.78 is 0. The third-order valence-corrected chi connectivity index (χ3v) is 3.09. The van der Waals surface area contributed by atoms with Gasteiger partial charge >= 0.3 is 0 Å². The normalized spacial score (nSPS) is 10.6. The maximum absolute atomic E-state index is 3.48. The fourth-order valence-corrected chi connectivity index (χ4v) is 2.10. The van der Waals surface area contributed by atoms with Crippen LogP contribution in [0.1, 0.15) is 46.0 Å². The van der Waals surface area contributed by atoms with Gasteiger partial charge in [0, 0.05) is 12.3 Å². The number of nitrogens with one attached hydrogen (secondary N) is 1. The van der Waals surface area contributed by atoms with Crippen molar-refractivity contribution in [2.45, 2.75) is 46.0 Å². The highest BCUT2D eigenvalue weighted by atomic mass is 32.2. The van der Waals surface area contributed by atoms with Gasteiger partial charge in [-0.15, -0.1) is 0 Å². The van der Waals surface area contributed by atoms with Crippen molar-refractivity contribution in [3.8, 4) is 0 Å². The van der Waals surface area contributed by atoms with Crippen LogP contribution >= 0.6 is 11.8 Å². The van der Waals surface area contributed by atoms with Gasteiger partial charge in [-0.05, 0) is 25.1 Å². The molecule has 0 saturated carbocycles. The molecule has 0 aliphatic rings. The molecular formula is C11H25NS. The topological polar surface area (TPSA) is 12.0 Å². The molecular weight excluding hydrogens is 178 g/mol. The van der Waals surface area contributed by atoms with Gasteiger partial charge in [0.2, 0.25) is 0 Å². The predicted octanol–water partition coefficient (Wildman–Crippen LogP) is 3.30. The molecule has 0 bridgehead atoms. The summed E-state index contributed by atoms with van der Waals surface area (Å²) in [6.45, 7) is 6.91. The molecule has 0 heterocycles. The molecule has 0 aliphatic heterocycles. The summed E-state index contributed by atoms with van der Waals surface area (Å²) in [5.74, 6) is 2.62. The van der Waals surface area contributed by atoms with Crippen LogP contribution in [0.4, 0.5) is 0 Å². The van der Waals surface area contributed by atoms with Gasteiger partial charge in [0.1, 0.15) is 0 Å². The van der Waals surface area contributed by atoms with Crippen LogP contribution in [-0.2, 0) is 0 Å². The molecule has 0 radical (unpaired) electrons. The molecule has 1 N–H and O–H groups in total. The average Bonchev–Trinajstić information content (AvgIpc) is 2.16. The lowest BCUT2D eigenvalue weighted by molar-refractivity contribution is 0.636. The van der Waals surface area contributed by atoms with E-state index in [9.17, 15) is 0 Å². The van der Waals surface area contributed by atoms with E-state index in [-0.39, 0.29) is 0 Å². The van der Waals surface area contributed by atoms with E-state index in [0.717, 1.165) is 0 Å². The van der Waals surface area contributed by atoms with Gasteiger partial charge in [-0.2, -0.15) is 11.8 Å². The molecule has 0 aliphatic carbocycles. The zero-order valence-corrected chi connectivity index (χ0v) is 10.1. The van der Waals surface area contributed by atoms with Crippen LogP contribution in [-0.4, -0.2) is 24.6 Å². The van der Waals surface area contributed by atoms with Crippen LogP contribution in [0.2, 0.25) is 0 Å². The minimum atomic E-state index is 1.19. The van der Waals surface area contributed by atoms with Crippen molar-refractivity contribution in [2.75, 3.05) is 24.6 Å². The summed E-state index contributed by atoms with van der Waals surface area (Å²) in [7, 11) is 0. The predicted molar refractivity (Wildman–Crippen MR) is 64.6 cm³/mol. The Kier molecular flexibility index (Phi) is 12.6. The number of rotatable bonds is 10. The van der Waals surface area contributed by atoms with Crippen LogP contribution in [0.3, 0.4) is 0 Å². The summed E-state index contributed by atoms with van der Waals surface area (Å²) in [5.41, 5.74) is 0. The van der Waals surface area contributed by atoms with E-state index in [1.807, 2.05) is 0 Å². The standard InChI is InChI=1S/C11H25NS/c1-3-5-7-8-12-9-11-13-10-6-4-2/h12H,3-11H2,1-2H3. The number of unbranched alkanes of at least 4 members (excludes halogenated alkanes) is 3. The first-order chi connectivity index (χ1) is 6.41. The summed E-state index contributed by atoms with van der Waals surface area (Å²) in [6, 6.07) is 0. The van der Waals surface area contributed by atoms with E-state index < -0.39 is 0 Å². The second kappa shape index (κ2) is 12.3. The third kappa shape index (κ3) is 12.3. The molecule has 0 aromatic rings. The molecule has 0 atom stereocenters. The summed E-state index contributed by atoms with van der Waals surface area (Å²) in [6.07, 6.45) is 6.75. The van der Waals surface area contributed by atoms with Gasteiger partial charge in [0.25, 0.3) is 0 Å². The molecule has 0 amide bonds. The maximum Gasteiger partial charge on any atom is 0.00581 e. The first-order valence-electron chi connectivity index (χ1n) is 5.70. The molecule has 13 heavy (non-hydrogen) atoms. The molecule has 0 fully saturated rings. The van der Waals surface area contributed by atoms with E-state index in [2.05, 4.69) is 30.9 Å². The number of hydrogen-bond acceptors (Lipinski definition) is 2. The average molecular weight is 203 g/mol. The van der Waals surface area contributed by atoms with Crippen molar-refractivity contribution in [3.63, 3.8) is 0 Å². The van der Waals surface area contributed by atoms with Crippen molar-refractivity contribution >= 4 is 11.8 Å². The minimum Gasteiger partial charge on any atom is -0.316 e. The van der Waals surface area contributed by atoms with Crippen LogP contribution in [0.25, 0.3) is 0 Å². The largest absolute Gasteiger partial charge is 0.316 e. The zero-order chi connectivity index (χ0) is 9.78. The molecule has 0 spiro atoms. The van der Waals surface area contributed by atoms with Crippen molar-refractivity contribution in [1.29, 1.82) is 0 Å². The van der Waals surface area contributed by atoms with Crippen molar-refractivity contribution in [2.24, 2.45) is 0 Å². The molecule has 0 aromatic heterocycles. The molecule has 0 rings (SSSR count). The van der Waals surface area contributed by atoms with E-state index in [0.29, 0.717) is 0 Å². The second-order valence-electron chi connectivity index (χ2n) is 3.42. The fourth-order valence-electron chi connectivity index (χ4n) is 1.12. The third-order valence-electron chi connectivity index (χ3n) is 2.02. The molecule has 0 aromatic carbocycles. The van der Waals surface area contributed by atoms with Gasteiger partial charge in [-0.1, -0.05) is 33.1 Å². The van der Waals surface area contributed by atoms with Crippen molar-refractivity contribution < 1.29 is 0 Å². The Balaban J connectivity index is 2.76.